The molecule has 0 amide bonds. The van der Waals surface area contributed by atoms with Gasteiger partial charge in [0.1, 0.15) is 11.9 Å². The van der Waals surface area contributed by atoms with E-state index < -0.39 is 0 Å². The standard InChI is InChI=1S/C10H9FO2/c11-8-3-1-2-7(6-8)9-4-5-10(12)13-9/h1-3,6,9H,4-5H2/t9-/m1/s1. The molecule has 1 aromatic rings. The number of cyclic esters (lactones) is 1. The Morgan fingerprint density at radius 3 is 2.92 bits per heavy atom. The molecular formula is C10H9FO2. The molecule has 0 N–H and O–H groups in total. The zero-order chi connectivity index (χ0) is 9.26. The van der Waals surface area contributed by atoms with E-state index in [2.05, 4.69) is 0 Å². The van der Waals surface area contributed by atoms with E-state index in [1.165, 1.54) is 12.1 Å². The number of carbonyl (C=O) groups is 1. The van der Waals surface area contributed by atoms with Gasteiger partial charge in [0, 0.05) is 6.42 Å². The molecule has 1 aliphatic rings. The average Bonchev–Trinajstić information content (AvgIpc) is 2.52. The van der Waals surface area contributed by atoms with Crippen LogP contribution in [0.3, 0.4) is 0 Å². The highest BCUT2D eigenvalue weighted by Gasteiger charge is 2.24. The third-order valence-electron chi connectivity index (χ3n) is 2.10. The van der Waals surface area contributed by atoms with Gasteiger partial charge in [-0.25, -0.2) is 4.39 Å². The van der Waals surface area contributed by atoms with E-state index >= 15 is 0 Å². The Labute approximate surface area is 75.3 Å². The van der Waals surface area contributed by atoms with Crippen LogP contribution in [0.1, 0.15) is 24.5 Å². The first-order chi connectivity index (χ1) is 6.25. The largest absolute Gasteiger partial charge is 0.457 e. The summed E-state index contributed by atoms with van der Waals surface area (Å²) >= 11 is 0. The molecule has 1 aliphatic heterocycles. The quantitative estimate of drug-likeness (QED) is 0.619. The Morgan fingerprint density at radius 1 is 1.46 bits per heavy atom. The van der Waals surface area contributed by atoms with Crippen molar-refractivity contribution in [2.75, 3.05) is 0 Å². The maximum absolute atomic E-state index is 12.8. The fraction of sp³-hybridized carbons (Fsp3) is 0.300. The zero-order valence-electron chi connectivity index (χ0n) is 7.00. The van der Waals surface area contributed by atoms with E-state index in [-0.39, 0.29) is 17.9 Å². The number of rotatable bonds is 1. The van der Waals surface area contributed by atoms with Gasteiger partial charge in [-0.1, -0.05) is 12.1 Å². The summed E-state index contributed by atoms with van der Waals surface area (Å²) in [4.78, 5) is 10.8. The van der Waals surface area contributed by atoms with Gasteiger partial charge in [0.2, 0.25) is 0 Å². The average molecular weight is 180 g/mol. The highest BCUT2D eigenvalue weighted by atomic mass is 19.1. The minimum absolute atomic E-state index is 0.200. The van der Waals surface area contributed by atoms with Crippen LogP contribution in [0.2, 0.25) is 0 Å². The van der Waals surface area contributed by atoms with Crippen molar-refractivity contribution in [1.29, 1.82) is 0 Å². The van der Waals surface area contributed by atoms with Gasteiger partial charge in [0.25, 0.3) is 0 Å². The number of ether oxygens (including phenoxy) is 1. The summed E-state index contributed by atoms with van der Waals surface area (Å²) in [6.07, 6.45) is 0.840. The molecule has 1 fully saturated rings. The number of halogens is 1. The summed E-state index contributed by atoms with van der Waals surface area (Å²) in [5, 5.41) is 0. The smallest absolute Gasteiger partial charge is 0.306 e. The van der Waals surface area contributed by atoms with Crippen LogP contribution < -0.4 is 0 Å². The predicted octanol–water partition coefficient (Wildman–Crippen LogP) is 2.20. The van der Waals surface area contributed by atoms with Gasteiger partial charge in [-0.3, -0.25) is 4.79 Å². The lowest BCUT2D eigenvalue weighted by Crippen LogP contribution is -1.98. The fourth-order valence-electron chi connectivity index (χ4n) is 1.47. The van der Waals surface area contributed by atoms with Gasteiger partial charge < -0.3 is 4.74 Å². The number of hydrogen-bond donors (Lipinski definition) is 0. The third-order valence-corrected chi connectivity index (χ3v) is 2.10. The van der Waals surface area contributed by atoms with Gasteiger partial charge in [0.05, 0.1) is 0 Å². The van der Waals surface area contributed by atoms with Crippen LogP contribution in [-0.2, 0) is 9.53 Å². The second-order valence-corrected chi connectivity index (χ2v) is 3.07. The van der Waals surface area contributed by atoms with Crippen molar-refractivity contribution in [2.24, 2.45) is 0 Å². The number of carbonyl (C=O) groups excluding carboxylic acids is 1. The summed E-state index contributed by atoms with van der Waals surface area (Å²) < 4.78 is 17.8. The summed E-state index contributed by atoms with van der Waals surface area (Å²) in [6.45, 7) is 0. The molecule has 0 bridgehead atoms. The van der Waals surface area contributed by atoms with Crippen LogP contribution in [0.4, 0.5) is 4.39 Å². The zero-order valence-corrected chi connectivity index (χ0v) is 7.00. The summed E-state index contributed by atoms with van der Waals surface area (Å²) in [5.41, 5.74) is 0.742. The molecule has 1 aromatic carbocycles. The maximum Gasteiger partial charge on any atom is 0.306 e. The molecule has 1 heterocycles. The molecule has 2 rings (SSSR count). The van der Waals surface area contributed by atoms with Crippen LogP contribution in [0.15, 0.2) is 24.3 Å². The molecule has 0 spiro atoms. The maximum atomic E-state index is 12.8. The Kier molecular flexibility index (Phi) is 2.00. The van der Waals surface area contributed by atoms with Crippen molar-refractivity contribution in [3.05, 3.63) is 35.6 Å². The molecule has 68 valence electrons. The van der Waals surface area contributed by atoms with Crippen molar-refractivity contribution < 1.29 is 13.9 Å². The van der Waals surface area contributed by atoms with Crippen molar-refractivity contribution in [3.63, 3.8) is 0 Å². The predicted molar refractivity (Wildman–Crippen MR) is 44.5 cm³/mol. The lowest BCUT2D eigenvalue weighted by atomic mass is 10.1. The molecule has 0 aromatic heterocycles. The fourth-order valence-corrected chi connectivity index (χ4v) is 1.47. The van der Waals surface area contributed by atoms with Gasteiger partial charge in [-0.15, -0.1) is 0 Å². The second kappa shape index (κ2) is 3.17. The SMILES string of the molecule is O=C1CC[C@H](c2cccc(F)c2)O1. The van der Waals surface area contributed by atoms with E-state index in [1.54, 1.807) is 12.1 Å². The first-order valence-electron chi connectivity index (χ1n) is 4.20. The molecule has 13 heavy (non-hydrogen) atoms. The lowest BCUT2D eigenvalue weighted by Gasteiger charge is -2.08. The lowest BCUT2D eigenvalue weighted by molar-refractivity contribution is -0.141. The Morgan fingerprint density at radius 2 is 2.31 bits per heavy atom. The molecule has 1 saturated heterocycles. The molecular weight excluding hydrogens is 171 g/mol. The number of benzene rings is 1. The monoisotopic (exact) mass is 180 g/mol. The van der Waals surface area contributed by atoms with E-state index in [1.807, 2.05) is 0 Å². The number of esters is 1. The Hall–Kier alpha value is -1.38. The minimum atomic E-state index is -0.291. The van der Waals surface area contributed by atoms with Gasteiger partial charge in [-0.05, 0) is 24.1 Å². The van der Waals surface area contributed by atoms with E-state index in [0.29, 0.717) is 12.8 Å². The topological polar surface area (TPSA) is 26.3 Å². The second-order valence-electron chi connectivity index (χ2n) is 3.07. The Bertz CT molecular complexity index is 335. The molecule has 0 unspecified atom stereocenters. The molecule has 3 heteroatoms. The summed E-state index contributed by atoms with van der Waals surface area (Å²) in [5.74, 6) is -0.491. The molecule has 1 atom stereocenters. The van der Waals surface area contributed by atoms with Crippen molar-refractivity contribution in [3.8, 4) is 0 Å². The number of hydrogen-bond acceptors (Lipinski definition) is 2. The highest BCUT2D eigenvalue weighted by Crippen LogP contribution is 2.29. The van der Waals surface area contributed by atoms with Crippen LogP contribution in [0.5, 0.6) is 0 Å². The van der Waals surface area contributed by atoms with E-state index in [4.69, 9.17) is 4.74 Å². The first kappa shape index (κ1) is 8.23. The van der Waals surface area contributed by atoms with Crippen LogP contribution in [-0.4, -0.2) is 5.97 Å². The first-order valence-corrected chi connectivity index (χ1v) is 4.20. The normalized spacial score (nSPS) is 21.6. The highest BCUT2D eigenvalue weighted by molar-refractivity contribution is 5.71. The minimum Gasteiger partial charge on any atom is -0.457 e. The Balaban J connectivity index is 2.21. The van der Waals surface area contributed by atoms with Gasteiger partial charge in [-0.2, -0.15) is 0 Å². The van der Waals surface area contributed by atoms with Gasteiger partial charge >= 0.3 is 5.97 Å². The van der Waals surface area contributed by atoms with Crippen molar-refractivity contribution in [2.45, 2.75) is 18.9 Å². The molecule has 0 radical (unpaired) electrons. The third kappa shape index (κ3) is 1.69. The van der Waals surface area contributed by atoms with Crippen LogP contribution >= 0.6 is 0 Å². The molecule has 2 nitrogen and oxygen atoms in total. The van der Waals surface area contributed by atoms with Crippen molar-refractivity contribution >= 4 is 5.97 Å². The van der Waals surface area contributed by atoms with Crippen molar-refractivity contribution in [1.82, 2.24) is 0 Å². The van der Waals surface area contributed by atoms with Crippen LogP contribution in [0, 0.1) is 5.82 Å². The molecule has 0 saturated carbocycles. The molecule has 0 aliphatic carbocycles. The van der Waals surface area contributed by atoms with E-state index in [0.717, 1.165) is 5.56 Å². The van der Waals surface area contributed by atoms with E-state index in [9.17, 15) is 9.18 Å². The summed E-state index contributed by atoms with van der Waals surface area (Å²) in [7, 11) is 0. The van der Waals surface area contributed by atoms with Crippen LogP contribution in [0.25, 0.3) is 0 Å². The van der Waals surface area contributed by atoms with Gasteiger partial charge in [0.15, 0.2) is 0 Å². The summed E-state index contributed by atoms with van der Waals surface area (Å²) in [6, 6.07) is 6.17.